The Balaban J connectivity index is 2.39. The number of ether oxygens (including phenoxy) is 1. The van der Waals surface area contributed by atoms with E-state index in [0.717, 1.165) is 32.5 Å². The Morgan fingerprint density at radius 3 is 2.93 bits per heavy atom. The van der Waals surface area contributed by atoms with Crippen molar-refractivity contribution in [2.45, 2.75) is 32.8 Å². The van der Waals surface area contributed by atoms with Gasteiger partial charge in [-0.1, -0.05) is 6.92 Å². The van der Waals surface area contributed by atoms with Gasteiger partial charge in [-0.3, -0.25) is 10.4 Å². The molecular formula is C10H22N4O. The van der Waals surface area contributed by atoms with E-state index in [9.17, 15) is 0 Å². The van der Waals surface area contributed by atoms with Gasteiger partial charge in [0.25, 0.3) is 0 Å². The average molecular weight is 214 g/mol. The van der Waals surface area contributed by atoms with Crippen LogP contribution in [0.1, 0.15) is 26.7 Å². The SMILES string of the molecule is CCNC(=NCC1CCOC1CC)NN. The van der Waals surface area contributed by atoms with Crippen LogP contribution in [0.15, 0.2) is 4.99 Å². The van der Waals surface area contributed by atoms with E-state index in [2.05, 4.69) is 22.7 Å². The maximum atomic E-state index is 5.60. The number of hydrazine groups is 1. The molecule has 0 bridgehead atoms. The van der Waals surface area contributed by atoms with Crippen LogP contribution in [-0.4, -0.2) is 31.8 Å². The molecule has 0 aromatic rings. The van der Waals surface area contributed by atoms with Gasteiger partial charge in [0.05, 0.1) is 6.10 Å². The Morgan fingerprint density at radius 1 is 1.53 bits per heavy atom. The summed E-state index contributed by atoms with van der Waals surface area (Å²) in [4.78, 5) is 4.40. The lowest BCUT2D eigenvalue weighted by Crippen LogP contribution is -2.41. The maximum Gasteiger partial charge on any atom is 0.205 e. The first-order valence-electron chi connectivity index (χ1n) is 5.68. The maximum absolute atomic E-state index is 5.60. The molecule has 0 spiro atoms. The number of hydrogen-bond donors (Lipinski definition) is 3. The van der Waals surface area contributed by atoms with Crippen LogP contribution in [0.4, 0.5) is 0 Å². The van der Waals surface area contributed by atoms with Crippen LogP contribution in [0, 0.1) is 5.92 Å². The van der Waals surface area contributed by atoms with E-state index in [-0.39, 0.29) is 0 Å². The second-order valence-corrected chi connectivity index (χ2v) is 3.73. The first-order valence-corrected chi connectivity index (χ1v) is 5.68. The van der Waals surface area contributed by atoms with Crippen molar-refractivity contribution in [1.29, 1.82) is 0 Å². The summed E-state index contributed by atoms with van der Waals surface area (Å²) in [5, 5.41) is 3.06. The van der Waals surface area contributed by atoms with Crippen LogP contribution in [0.3, 0.4) is 0 Å². The summed E-state index contributed by atoms with van der Waals surface area (Å²) in [6.45, 7) is 6.64. The molecular weight excluding hydrogens is 192 g/mol. The standard InChI is InChI=1S/C10H22N4O/c1-3-9-8(5-6-15-9)7-13-10(14-11)12-4-2/h8-9H,3-7,11H2,1-2H3,(H2,12,13,14). The second-order valence-electron chi connectivity index (χ2n) is 3.73. The molecule has 15 heavy (non-hydrogen) atoms. The quantitative estimate of drug-likeness (QED) is 0.271. The molecule has 5 nitrogen and oxygen atoms in total. The summed E-state index contributed by atoms with van der Waals surface area (Å²) >= 11 is 0. The summed E-state index contributed by atoms with van der Waals surface area (Å²) < 4.78 is 5.60. The molecule has 0 saturated carbocycles. The molecule has 4 N–H and O–H groups in total. The lowest BCUT2D eigenvalue weighted by Gasteiger charge is -2.15. The fourth-order valence-electron chi connectivity index (χ4n) is 1.88. The number of rotatable bonds is 4. The van der Waals surface area contributed by atoms with E-state index < -0.39 is 0 Å². The van der Waals surface area contributed by atoms with Crippen LogP contribution < -0.4 is 16.6 Å². The Labute approximate surface area is 91.4 Å². The van der Waals surface area contributed by atoms with Gasteiger partial charge in [0.15, 0.2) is 0 Å². The highest BCUT2D eigenvalue weighted by Crippen LogP contribution is 2.23. The monoisotopic (exact) mass is 214 g/mol. The van der Waals surface area contributed by atoms with Gasteiger partial charge in [-0.25, -0.2) is 5.84 Å². The van der Waals surface area contributed by atoms with Crippen molar-refractivity contribution < 1.29 is 4.74 Å². The Bertz CT molecular complexity index is 208. The number of aliphatic imine (C=N–C) groups is 1. The van der Waals surface area contributed by atoms with Gasteiger partial charge in [0.1, 0.15) is 0 Å². The molecule has 0 amide bonds. The van der Waals surface area contributed by atoms with Crippen LogP contribution in [0.25, 0.3) is 0 Å². The van der Waals surface area contributed by atoms with Gasteiger partial charge in [-0.15, -0.1) is 0 Å². The summed E-state index contributed by atoms with van der Waals surface area (Å²) in [7, 11) is 0. The van der Waals surface area contributed by atoms with E-state index in [4.69, 9.17) is 10.6 Å². The van der Waals surface area contributed by atoms with Crippen molar-refractivity contribution in [1.82, 2.24) is 10.7 Å². The van der Waals surface area contributed by atoms with Gasteiger partial charge in [0.2, 0.25) is 5.96 Å². The van der Waals surface area contributed by atoms with Crippen molar-refractivity contribution >= 4 is 5.96 Å². The topological polar surface area (TPSA) is 71.7 Å². The molecule has 1 saturated heterocycles. The van der Waals surface area contributed by atoms with Crippen LogP contribution >= 0.6 is 0 Å². The molecule has 2 atom stereocenters. The smallest absolute Gasteiger partial charge is 0.205 e. The Hall–Kier alpha value is -0.810. The third-order valence-electron chi connectivity index (χ3n) is 2.71. The molecule has 0 aliphatic carbocycles. The van der Waals surface area contributed by atoms with Gasteiger partial charge >= 0.3 is 0 Å². The summed E-state index contributed by atoms with van der Waals surface area (Å²) in [5.41, 5.74) is 2.56. The molecule has 2 unspecified atom stereocenters. The van der Waals surface area contributed by atoms with Crippen molar-refractivity contribution in [3.05, 3.63) is 0 Å². The minimum atomic E-state index is 0.370. The lowest BCUT2D eigenvalue weighted by molar-refractivity contribution is 0.0892. The van der Waals surface area contributed by atoms with Crippen molar-refractivity contribution in [2.24, 2.45) is 16.8 Å². The minimum Gasteiger partial charge on any atom is -0.378 e. The molecule has 88 valence electrons. The predicted molar refractivity (Wildman–Crippen MR) is 61.4 cm³/mol. The van der Waals surface area contributed by atoms with Crippen LogP contribution in [-0.2, 0) is 4.74 Å². The summed E-state index contributed by atoms with van der Waals surface area (Å²) in [6, 6.07) is 0. The number of nitrogens with one attached hydrogen (secondary N) is 2. The van der Waals surface area contributed by atoms with Crippen LogP contribution in [0.5, 0.6) is 0 Å². The fourth-order valence-corrected chi connectivity index (χ4v) is 1.88. The number of guanidine groups is 1. The minimum absolute atomic E-state index is 0.370. The van der Waals surface area contributed by atoms with E-state index in [1.807, 2.05) is 6.92 Å². The van der Waals surface area contributed by atoms with Gasteiger partial charge in [-0.2, -0.15) is 0 Å². The molecule has 1 rings (SSSR count). The highest BCUT2D eigenvalue weighted by Gasteiger charge is 2.26. The second kappa shape index (κ2) is 6.63. The molecule has 0 aromatic heterocycles. The average Bonchev–Trinajstić information content (AvgIpc) is 2.71. The molecule has 1 heterocycles. The van der Waals surface area contributed by atoms with Gasteiger partial charge in [0, 0.05) is 25.6 Å². The molecule has 0 aromatic carbocycles. The normalized spacial score (nSPS) is 26.7. The van der Waals surface area contributed by atoms with Gasteiger partial charge in [-0.05, 0) is 19.8 Å². The summed E-state index contributed by atoms with van der Waals surface area (Å²) in [5.74, 6) is 6.54. The zero-order valence-electron chi connectivity index (χ0n) is 9.62. The fraction of sp³-hybridized carbons (Fsp3) is 0.900. The van der Waals surface area contributed by atoms with E-state index >= 15 is 0 Å². The predicted octanol–water partition coefficient (Wildman–Crippen LogP) is 0.230. The number of nitrogens with two attached hydrogens (primary N) is 1. The van der Waals surface area contributed by atoms with Crippen LogP contribution in [0.2, 0.25) is 0 Å². The lowest BCUT2D eigenvalue weighted by atomic mass is 10.0. The first kappa shape index (κ1) is 12.3. The van der Waals surface area contributed by atoms with E-state index in [0.29, 0.717) is 18.0 Å². The molecule has 1 aliphatic heterocycles. The zero-order valence-corrected chi connectivity index (χ0v) is 9.62. The number of nitrogens with zero attached hydrogens (tertiary/aromatic N) is 1. The summed E-state index contributed by atoms with van der Waals surface area (Å²) in [6.07, 6.45) is 2.54. The first-order chi connectivity index (χ1) is 7.31. The molecule has 1 fully saturated rings. The number of hydrogen-bond acceptors (Lipinski definition) is 3. The molecule has 1 aliphatic rings. The Morgan fingerprint density at radius 2 is 2.33 bits per heavy atom. The third kappa shape index (κ3) is 3.68. The molecule has 0 radical (unpaired) electrons. The largest absolute Gasteiger partial charge is 0.378 e. The van der Waals surface area contributed by atoms with Gasteiger partial charge < -0.3 is 10.1 Å². The van der Waals surface area contributed by atoms with E-state index in [1.54, 1.807) is 0 Å². The highest BCUT2D eigenvalue weighted by molar-refractivity contribution is 5.79. The third-order valence-corrected chi connectivity index (χ3v) is 2.71. The molecule has 5 heteroatoms. The van der Waals surface area contributed by atoms with Crippen molar-refractivity contribution in [3.63, 3.8) is 0 Å². The van der Waals surface area contributed by atoms with Crippen molar-refractivity contribution in [3.8, 4) is 0 Å². The van der Waals surface area contributed by atoms with E-state index in [1.165, 1.54) is 0 Å². The Kier molecular flexibility index (Phi) is 5.42. The zero-order chi connectivity index (χ0) is 11.1. The van der Waals surface area contributed by atoms with Crippen molar-refractivity contribution in [2.75, 3.05) is 19.7 Å². The highest BCUT2D eigenvalue weighted by atomic mass is 16.5.